The average Bonchev–Trinajstić information content (AvgIpc) is 1.65. The molecule has 0 aromatic heterocycles. The maximum absolute atomic E-state index is 2.54. The maximum Gasteiger partial charge on any atom is 0.0159 e. The topological polar surface area (TPSA) is 0 Å². The lowest BCUT2D eigenvalue weighted by molar-refractivity contribution is 0.661. The monoisotopic (exact) mass is 1710 g/mol. The molecule has 0 atom stereocenters. The Balaban J connectivity index is 0.000000107. The third-order valence-electron chi connectivity index (χ3n) is 29.2. The van der Waals surface area contributed by atoms with Crippen LogP contribution in [0.15, 0.2) is 497 Å². The van der Waals surface area contributed by atoms with Crippen molar-refractivity contribution >= 4 is 151 Å². The third kappa shape index (κ3) is 13.4. The number of rotatable bonds is 9. The first-order valence-electron chi connectivity index (χ1n) is 47.1. The van der Waals surface area contributed by atoms with Gasteiger partial charge >= 0.3 is 0 Å². The molecule has 28 rings (SSSR count). The van der Waals surface area contributed by atoms with Gasteiger partial charge in [0.1, 0.15) is 0 Å². The molecule has 27 aromatic carbocycles. The van der Waals surface area contributed by atoms with Crippen LogP contribution in [0.3, 0.4) is 0 Å². The van der Waals surface area contributed by atoms with E-state index in [1.54, 1.807) is 0 Å². The first-order chi connectivity index (χ1) is 66.7. The highest BCUT2D eigenvalue weighted by Crippen LogP contribution is 2.56. The van der Waals surface area contributed by atoms with Gasteiger partial charge in [0.2, 0.25) is 0 Å². The van der Waals surface area contributed by atoms with E-state index in [0.717, 1.165) is 0 Å². The lowest BCUT2D eigenvalue weighted by atomic mass is 9.79. The van der Waals surface area contributed by atoms with Gasteiger partial charge in [0.05, 0.1) is 0 Å². The van der Waals surface area contributed by atoms with Crippen LogP contribution in [0.4, 0.5) is 0 Å². The van der Waals surface area contributed by atoms with E-state index in [1.807, 2.05) is 0 Å². The molecule has 0 fully saturated rings. The van der Waals surface area contributed by atoms with Crippen molar-refractivity contribution in [2.75, 3.05) is 0 Å². The summed E-state index contributed by atoms with van der Waals surface area (Å²) in [7, 11) is 0. The molecular formula is C135H88. The van der Waals surface area contributed by atoms with E-state index in [-0.39, 0.29) is 5.41 Å². The zero-order chi connectivity index (χ0) is 89.4. The minimum atomic E-state index is -0.179. The molecule has 0 bridgehead atoms. The van der Waals surface area contributed by atoms with Crippen molar-refractivity contribution in [3.05, 3.63) is 509 Å². The Morgan fingerprint density at radius 2 is 0.407 bits per heavy atom. The summed E-state index contributed by atoms with van der Waals surface area (Å²) in [6.07, 6.45) is 0. The van der Waals surface area contributed by atoms with E-state index in [4.69, 9.17) is 0 Å². The van der Waals surface area contributed by atoms with E-state index >= 15 is 0 Å². The van der Waals surface area contributed by atoms with Gasteiger partial charge in [-0.25, -0.2) is 0 Å². The van der Waals surface area contributed by atoms with Crippen LogP contribution in [0, 0.1) is 0 Å². The predicted octanol–water partition coefficient (Wildman–Crippen LogP) is 38.0. The standard InChI is InChI=1S/C53H36.C44H28.C38H24/c1-53(2)49-30-40(39-22-19-33-11-3-6-14-36(33)27-39)25-26-43(49)46-31-47-48(32-50(46)53)52(42-24-21-35-13-5-8-16-38(35)29-42)45-18-10-9-17-44(45)51(47)41-23-20-34-12-4-7-15-37(34)28-41;1-4-12-32-25-35(20-17-29(32)9-1)36-23-24-41-42(28-36)44(38-22-19-31-11-3-6-14-34(31)27-38)40-16-8-7-15-39(40)43(41)37-21-18-30-10-2-5-13-33(30)26-37;1-3-10-25(11-4-1)30-20-18-28-19-21-33-35(27-12-5-2-6-13-27)24-36(34-23-22-32(30)37(28)38(33)34)31-17-9-15-26-14-7-8-16-29(26)31/h3-32H,1-2H3;1-28H;1-24H. The summed E-state index contributed by atoms with van der Waals surface area (Å²) in [6.45, 7) is 4.82. The minimum absolute atomic E-state index is 0.179. The Bertz CT molecular complexity index is 9510. The van der Waals surface area contributed by atoms with E-state index in [9.17, 15) is 0 Å². The van der Waals surface area contributed by atoms with Gasteiger partial charge in [-0.1, -0.05) is 445 Å². The van der Waals surface area contributed by atoms with E-state index < -0.39 is 0 Å². The first-order valence-corrected chi connectivity index (χ1v) is 47.1. The molecule has 0 saturated carbocycles. The van der Waals surface area contributed by atoms with Crippen LogP contribution in [0.5, 0.6) is 0 Å². The van der Waals surface area contributed by atoms with E-state index in [0.29, 0.717) is 0 Å². The number of benzene rings is 27. The molecule has 628 valence electrons. The van der Waals surface area contributed by atoms with E-state index in [2.05, 4.69) is 511 Å². The van der Waals surface area contributed by atoms with Crippen molar-refractivity contribution in [2.24, 2.45) is 0 Å². The first kappa shape index (κ1) is 78.8. The highest BCUT2D eigenvalue weighted by atomic mass is 14.4. The smallest absolute Gasteiger partial charge is 0.0159 e. The van der Waals surface area contributed by atoms with Crippen LogP contribution >= 0.6 is 0 Å². The third-order valence-corrected chi connectivity index (χ3v) is 29.2. The zero-order valence-electron chi connectivity index (χ0n) is 74.8. The molecule has 27 aromatic rings. The normalized spacial score (nSPS) is 12.3. The zero-order valence-corrected chi connectivity index (χ0v) is 74.8. The number of fused-ring (bicyclic) bond motifs is 14. The van der Waals surface area contributed by atoms with Crippen molar-refractivity contribution in [2.45, 2.75) is 19.3 Å². The molecule has 0 heteroatoms. The molecular weight excluding hydrogens is 1620 g/mol. The molecule has 0 nitrogen and oxygen atoms in total. The van der Waals surface area contributed by atoms with Crippen molar-refractivity contribution in [3.63, 3.8) is 0 Å². The summed E-state index contributed by atoms with van der Waals surface area (Å²) in [6, 6.07) is 184. The molecule has 1 aliphatic rings. The molecule has 0 amide bonds. The van der Waals surface area contributed by atoms with Crippen LogP contribution in [0.1, 0.15) is 25.0 Å². The van der Waals surface area contributed by atoms with Crippen molar-refractivity contribution < 1.29 is 0 Å². The van der Waals surface area contributed by atoms with Crippen molar-refractivity contribution in [1.82, 2.24) is 0 Å². The molecule has 0 aliphatic heterocycles. The van der Waals surface area contributed by atoms with Gasteiger partial charge in [-0.2, -0.15) is 0 Å². The lowest BCUT2D eigenvalue weighted by Gasteiger charge is -2.24. The van der Waals surface area contributed by atoms with Crippen LogP contribution in [-0.2, 0) is 5.41 Å². The maximum atomic E-state index is 2.54. The lowest BCUT2D eigenvalue weighted by Crippen LogP contribution is -2.15. The largest absolute Gasteiger partial charge is 0.0622 e. The summed E-state index contributed by atoms with van der Waals surface area (Å²) in [5.74, 6) is 0. The molecule has 0 N–H and O–H groups in total. The van der Waals surface area contributed by atoms with Gasteiger partial charge in [-0.3, -0.25) is 0 Å². The van der Waals surface area contributed by atoms with Gasteiger partial charge < -0.3 is 0 Å². The van der Waals surface area contributed by atoms with Gasteiger partial charge in [0, 0.05) is 5.41 Å². The molecule has 0 spiro atoms. The van der Waals surface area contributed by atoms with Crippen molar-refractivity contribution in [3.8, 4) is 111 Å². The second-order valence-electron chi connectivity index (χ2n) is 37.1. The fourth-order valence-corrected chi connectivity index (χ4v) is 22.6. The second-order valence-corrected chi connectivity index (χ2v) is 37.1. The summed E-state index contributed by atoms with van der Waals surface area (Å²) in [4.78, 5) is 0. The van der Waals surface area contributed by atoms with Gasteiger partial charge in [-0.15, -0.1) is 0 Å². The number of hydrogen-bond acceptors (Lipinski definition) is 0. The van der Waals surface area contributed by atoms with Crippen LogP contribution in [0.2, 0.25) is 0 Å². The summed E-state index contributed by atoms with van der Waals surface area (Å²) in [5.41, 5.74) is 28.0. The fourth-order valence-electron chi connectivity index (χ4n) is 22.6. The summed E-state index contributed by atoms with van der Waals surface area (Å²) >= 11 is 0. The molecule has 135 heavy (non-hydrogen) atoms. The Morgan fingerprint density at radius 1 is 0.119 bits per heavy atom. The van der Waals surface area contributed by atoms with Gasteiger partial charge in [0.15, 0.2) is 0 Å². The van der Waals surface area contributed by atoms with E-state index in [1.165, 1.54) is 273 Å². The summed E-state index contributed by atoms with van der Waals surface area (Å²) in [5, 5.41) is 35.8. The van der Waals surface area contributed by atoms with Crippen molar-refractivity contribution in [1.29, 1.82) is 0 Å². The highest BCUT2D eigenvalue weighted by Gasteiger charge is 2.37. The minimum Gasteiger partial charge on any atom is -0.0622 e. The molecule has 1 aliphatic carbocycles. The molecule has 0 saturated heterocycles. The molecule has 0 unspecified atom stereocenters. The molecule has 0 heterocycles. The van der Waals surface area contributed by atoms with Gasteiger partial charge in [0.25, 0.3) is 0 Å². The van der Waals surface area contributed by atoms with Crippen LogP contribution in [-0.4, -0.2) is 0 Å². The number of hydrogen-bond donors (Lipinski definition) is 0. The van der Waals surface area contributed by atoms with Crippen LogP contribution in [0.25, 0.3) is 262 Å². The Kier molecular flexibility index (Phi) is 18.8. The quantitative estimate of drug-likeness (QED) is 0.0998. The summed E-state index contributed by atoms with van der Waals surface area (Å²) < 4.78 is 0. The molecule has 0 radical (unpaired) electrons. The Morgan fingerprint density at radius 3 is 0.881 bits per heavy atom. The predicted molar refractivity (Wildman–Crippen MR) is 582 cm³/mol. The second kappa shape index (κ2) is 32.1. The Hall–Kier alpha value is -17.2. The fraction of sp³-hybridized carbons (Fsp3) is 0.0222. The van der Waals surface area contributed by atoms with Crippen LogP contribution < -0.4 is 0 Å². The van der Waals surface area contributed by atoms with Gasteiger partial charge in [-0.05, 0) is 340 Å². The highest BCUT2D eigenvalue weighted by molar-refractivity contribution is 6.31. The average molecular weight is 1710 g/mol. The Labute approximate surface area is 784 Å². The SMILES string of the molecule is CC1(C)c2cc(-c3ccc4ccccc4c3)ccc2-c2cc3c(-c4ccc5ccccc5c4)c4ccccc4c(-c4ccc5ccccc5c4)c3cc21.c1ccc(-c2ccc3ccc4c(-c5ccccc5)cc(-c5cccc6ccccc56)c5ccc2c3c45)cc1.c1ccc2cc(-c3ccc4c(-c5ccc6ccccc6c5)c5ccccc5c(-c5ccc6ccccc6c5)c4c3)ccc2c1.